The van der Waals surface area contributed by atoms with E-state index in [9.17, 15) is 0 Å². The van der Waals surface area contributed by atoms with Crippen molar-refractivity contribution in [1.82, 2.24) is 23.7 Å². The molecule has 0 atom stereocenters. The molecule has 0 radical (unpaired) electrons. The maximum absolute atomic E-state index is 5.53. The lowest BCUT2D eigenvalue weighted by Gasteiger charge is -2.13. The van der Waals surface area contributed by atoms with Gasteiger partial charge in [0, 0.05) is 54.8 Å². The van der Waals surface area contributed by atoms with Gasteiger partial charge in [0.2, 0.25) is 5.95 Å². The van der Waals surface area contributed by atoms with Crippen molar-refractivity contribution in [1.29, 1.82) is 0 Å². The van der Waals surface area contributed by atoms with Crippen LogP contribution < -0.4 is 0 Å². The smallest absolute Gasteiger partial charge is 0.235 e. The van der Waals surface area contributed by atoms with Crippen molar-refractivity contribution in [3.8, 4) is 62.1 Å². The molecule has 73 heavy (non-hydrogen) atoms. The third kappa shape index (κ3) is 5.97. The quantitative estimate of drug-likeness (QED) is 0.149. The summed E-state index contributed by atoms with van der Waals surface area (Å²) in [6.07, 6.45) is 0. The molecule has 16 rings (SSSR count). The van der Waals surface area contributed by atoms with Gasteiger partial charge in [0.25, 0.3) is 0 Å². The van der Waals surface area contributed by atoms with Crippen LogP contribution in [0.1, 0.15) is 0 Å². The molecule has 5 heteroatoms. The highest BCUT2D eigenvalue weighted by Gasteiger charge is 2.23. The summed E-state index contributed by atoms with van der Waals surface area (Å²) < 4.78 is 7.18. The summed E-state index contributed by atoms with van der Waals surface area (Å²) >= 11 is 0. The van der Waals surface area contributed by atoms with Gasteiger partial charge in [0.1, 0.15) is 0 Å². The van der Waals surface area contributed by atoms with Crippen molar-refractivity contribution < 1.29 is 0 Å². The molecule has 0 N–H and O–H groups in total. The predicted octanol–water partition coefficient (Wildman–Crippen LogP) is 17.6. The molecule has 4 aromatic heterocycles. The Morgan fingerprint density at radius 1 is 0.233 bits per heavy atom. The van der Waals surface area contributed by atoms with Crippen molar-refractivity contribution in [2.45, 2.75) is 0 Å². The van der Waals surface area contributed by atoms with Crippen LogP contribution in [-0.2, 0) is 0 Å². The van der Waals surface area contributed by atoms with Gasteiger partial charge in [0.05, 0.1) is 44.5 Å². The van der Waals surface area contributed by atoms with E-state index in [2.05, 4.69) is 262 Å². The molecule has 0 fully saturated rings. The van der Waals surface area contributed by atoms with E-state index in [0.29, 0.717) is 5.95 Å². The summed E-state index contributed by atoms with van der Waals surface area (Å²) in [5, 5.41) is 12.4. The molecule has 12 aromatic carbocycles. The Kier molecular flexibility index (Phi) is 8.39. The van der Waals surface area contributed by atoms with E-state index in [0.717, 1.165) is 66.8 Å². The van der Waals surface area contributed by atoms with Crippen LogP contribution in [-0.4, -0.2) is 23.7 Å². The second kappa shape index (κ2) is 15.3. The van der Waals surface area contributed by atoms with Crippen LogP contribution in [0.3, 0.4) is 0 Å². The number of aromatic nitrogens is 5. The van der Waals surface area contributed by atoms with Crippen molar-refractivity contribution in [2.75, 3.05) is 0 Å². The zero-order chi connectivity index (χ0) is 47.7. The molecule has 338 valence electrons. The molecule has 0 saturated heterocycles. The second-order valence-corrected chi connectivity index (χ2v) is 19.4. The SMILES string of the molecule is c1ccc(-c2ccc(-c3cc(-c4ccc(-c5ccccc5)cc4)nc(-n4c5ccc(-n6c7cccc8ccc9cccc6c9c87)cc5c5cc(-n6c7cccc8ccc9cccc6c9c87)ccc54)n3)cc2)cc1. The van der Waals surface area contributed by atoms with Crippen LogP contribution in [0.15, 0.2) is 249 Å². The number of benzene rings is 12. The number of nitrogens with zero attached hydrogens (tertiary/aromatic N) is 5. The molecular formula is C68H41N5. The molecule has 0 aliphatic carbocycles. The fourth-order valence-corrected chi connectivity index (χ4v) is 12.0. The minimum atomic E-state index is 0.610. The first-order valence-corrected chi connectivity index (χ1v) is 25.0. The number of hydrogen-bond acceptors (Lipinski definition) is 2. The Hall–Kier alpha value is -9.84. The average molecular weight is 928 g/mol. The number of rotatable bonds is 7. The fraction of sp³-hybridized carbons (Fsp3) is 0. The number of fused-ring (bicyclic) bond motifs is 3. The Bertz CT molecular complexity index is 4370. The van der Waals surface area contributed by atoms with Crippen LogP contribution >= 0.6 is 0 Å². The maximum Gasteiger partial charge on any atom is 0.235 e. The van der Waals surface area contributed by atoms with Crippen molar-refractivity contribution in [3.63, 3.8) is 0 Å². The lowest BCUT2D eigenvalue weighted by Crippen LogP contribution is -2.04. The first-order valence-electron chi connectivity index (χ1n) is 25.0. The Morgan fingerprint density at radius 3 is 0.945 bits per heavy atom. The highest BCUT2D eigenvalue weighted by Crippen LogP contribution is 2.43. The van der Waals surface area contributed by atoms with Gasteiger partial charge < -0.3 is 9.13 Å². The highest BCUT2D eigenvalue weighted by atomic mass is 15.2. The molecular weight excluding hydrogens is 887 g/mol. The lowest BCUT2D eigenvalue weighted by molar-refractivity contribution is 0.995. The third-order valence-electron chi connectivity index (χ3n) is 15.4. The standard InChI is InChI=1S/C68H41N5/c1-3-11-42(12-4-1)44-23-27-46(28-24-44)56-41-57(47-29-25-45(26-30-47)43-13-5-2-6-14-43)70-68(69-56)73-58-37-35-52(71-60-19-7-15-48-31-32-49-16-8-20-61(71)65(49)64(48)60)39-54(58)55-40-53(36-38-59(55)73)72-62-21-9-17-50-33-34-51-18-10-22-63(72)67(51)66(50)62/h1-41H. The molecule has 0 amide bonds. The summed E-state index contributed by atoms with van der Waals surface area (Å²) in [5.41, 5.74) is 17.4. The lowest BCUT2D eigenvalue weighted by atomic mass is 10.0. The van der Waals surface area contributed by atoms with Crippen LogP contribution in [0.25, 0.3) is 149 Å². The minimum absolute atomic E-state index is 0.610. The van der Waals surface area contributed by atoms with E-state index in [1.807, 2.05) is 0 Å². The van der Waals surface area contributed by atoms with Gasteiger partial charge in [-0.15, -0.1) is 0 Å². The predicted molar refractivity (Wildman–Crippen MR) is 304 cm³/mol. The molecule has 5 nitrogen and oxygen atoms in total. The molecule has 0 aliphatic heterocycles. The van der Waals surface area contributed by atoms with Crippen molar-refractivity contribution >= 4 is 87.0 Å². The molecule has 0 aliphatic rings. The van der Waals surface area contributed by atoms with Crippen molar-refractivity contribution in [3.05, 3.63) is 249 Å². The van der Waals surface area contributed by atoms with Crippen LogP contribution in [0.5, 0.6) is 0 Å². The van der Waals surface area contributed by atoms with Gasteiger partial charge in [-0.25, -0.2) is 9.97 Å². The molecule has 0 spiro atoms. The normalized spacial score (nSPS) is 12.1. The van der Waals surface area contributed by atoms with Gasteiger partial charge in [-0.2, -0.15) is 0 Å². The summed E-state index contributed by atoms with van der Waals surface area (Å²) in [7, 11) is 0. The third-order valence-corrected chi connectivity index (χ3v) is 15.4. The van der Waals surface area contributed by atoms with Gasteiger partial charge in [-0.05, 0) is 111 Å². The summed E-state index contributed by atoms with van der Waals surface area (Å²) in [5.74, 6) is 0.610. The monoisotopic (exact) mass is 927 g/mol. The zero-order valence-electron chi connectivity index (χ0n) is 39.4. The van der Waals surface area contributed by atoms with Gasteiger partial charge >= 0.3 is 0 Å². The maximum atomic E-state index is 5.53. The summed E-state index contributed by atoms with van der Waals surface area (Å²) in [4.78, 5) is 11.1. The van der Waals surface area contributed by atoms with Gasteiger partial charge in [0.15, 0.2) is 0 Å². The zero-order valence-corrected chi connectivity index (χ0v) is 39.4. The highest BCUT2D eigenvalue weighted by molar-refractivity contribution is 6.25. The fourth-order valence-electron chi connectivity index (χ4n) is 12.0. The van der Waals surface area contributed by atoms with E-state index in [4.69, 9.17) is 9.97 Å². The number of hydrogen-bond donors (Lipinski definition) is 0. The van der Waals surface area contributed by atoms with Crippen molar-refractivity contribution in [2.24, 2.45) is 0 Å². The molecule has 16 aromatic rings. The van der Waals surface area contributed by atoms with E-state index in [1.165, 1.54) is 76.3 Å². The van der Waals surface area contributed by atoms with E-state index in [1.54, 1.807) is 0 Å². The molecule has 0 saturated carbocycles. The first-order chi connectivity index (χ1) is 36.2. The van der Waals surface area contributed by atoms with Gasteiger partial charge in [-0.1, -0.05) is 182 Å². The largest absolute Gasteiger partial charge is 0.309 e. The molecule has 0 bridgehead atoms. The Morgan fingerprint density at radius 2 is 0.575 bits per heavy atom. The topological polar surface area (TPSA) is 40.6 Å². The first kappa shape index (κ1) is 39.9. The van der Waals surface area contributed by atoms with Gasteiger partial charge in [-0.3, -0.25) is 4.57 Å². The summed E-state index contributed by atoms with van der Waals surface area (Å²) in [6.45, 7) is 0. The Labute approximate surface area is 419 Å². The van der Waals surface area contributed by atoms with E-state index >= 15 is 0 Å². The summed E-state index contributed by atoms with van der Waals surface area (Å²) in [6, 6.07) is 90.3. The van der Waals surface area contributed by atoms with Crippen LogP contribution in [0.2, 0.25) is 0 Å². The molecule has 4 heterocycles. The Balaban J connectivity index is 0.957. The second-order valence-electron chi connectivity index (χ2n) is 19.4. The van der Waals surface area contributed by atoms with Crippen LogP contribution in [0.4, 0.5) is 0 Å². The molecule has 0 unspecified atom stereocenters. The minimum Gasteiger partial charge on any atom is -0.309 e. The van der Waals surface area contributed by atoms with E-state index in [-0.39, 0.29) is 0 Å². The average Bonchev–Trinajstić information content (AvgIpc) is 4.12. The van der Waals surface area contributed by atoms with E-state index < -0.39 is 0 Å². The van der Waals surface area contributed by atoms with Crippen LogP contribution in [0, 0.1) is 0 Å².